The number of aliphatic hydroxyl groups is 1. The van der Waals surface area contributed by atoms with Crippen molar-refractivity contribution in [2.75, 3.05) is 19.1 Å². The Morgan fingerprint density at radius 1 is 1.00 bits per heavy atom. The van der Waals surface area contributed by atoms with Gasteiger partial charge in [0.05, 0.1) is 30.0 Å². The summed E-state index contributed by atoms with van der Waals surface area (Å²) in [7, 11) is 3.04. The van der Waals surface area contributed by atoms with Gasteiger partial charge in [-0.1, -0.05) is 47.7 Å². The van der Waals surface area contributed by atoms with Crippen molar-refractivity contribution in [1.29, 1.82) is 0 Å². The molecule has 1 fully saturated rings. The Morgan fingerprint density at radius 2 is 1.77 bits per heavy atom. The highest BCUT2D eigenvalue weighted by atomic mass is 32.1. The Labute approximate surface area is 205 Å². The van der Waals surface area contributed by atoms with Crippen LogP contribution in [0.4, 0.5) is 5.13 Å². The van der Waals surface area contributed by atoms with Crippen LogP contribution in [0.5, 0.6) is 11.5 Å². The summed E-state index contributed by atoms with van der Waals surface area (Å²) in [6, 6.07) is 18.7. The quantitative estimate of drug-likeness (QED) is 0.236. The summed E-state index contributed by atoms with van der Waals surface area (Å²) in [5.41, 5.74) is 2.67. The number of hydrogen-bond donors (Lipinski definition) is 1. The fourth-order valence-electron chi connectivity index (χ4n) is 4.25. The summed E-state index contributed by atoms with van der Waals surface area (Å²) in [4.78, 5) is 32.9. The van der Waals surface area contributed by atoms with E-state index in [0.29, 0.717) is 27.8 Å². The van der Waals surface area contributed by atoms with Crippen molar-refractivity contribution in [3.8, 4) is 11.5 Å². The molecule has 1 N–H and O–H groups in total. The smallest absolute Gasteiger partial charge is 0.301 e. The Hall–Kier alpha value is -4.17. The number of aliphatic hydroxyl groups excluding tert-OH is 1. The normalized spacial score (nSPS) is 17.2. The first-order chi connectivity index (χ1) is 16.9. The maximum atomic E-state index is 13.5. The van der Waals surface area contributed by atoms with Gasteiger partial charge in [0.2, 0.25) is 0 Å². The molecule has 0 spiro atoms. The third-order valence-electron chi connectivity index (χ3n) is 5.96. The predicted octanol–water partition coefficient (Wildman–Crippen LogP) is 5.25. The minimum Gasteiger partial charge on any atom is -0.507 e. The van der Waals surface area contributed by atoms with Crippen molar-refractivity contribution < 1.29 is 24.2 Å². The Morgan fingerprint density at radius 3 is 2.49 bits per heavy atom. The van der Waals surface area contributed by atoms with Crippen molar-refractivity contribution in [2.24, 2.45) is 0 Å². The molecule has 7 nitrogen and oxygen atoms in total. The van der Waals surface area contributed by atoms with Gasteiger partial charge in [0.25, 0.3) is 5.78 Å². The number of carbonyl (C=O) groups is 2. The average Bonchev–Trinajstić information content (AvgIpc) is 3.41. The van der Waals surface area contributed by atoms with Crippen molar-refractivity contribution >= 4 is 44.1 Å². The molecule has 1 atom stereocenters. The molecule has 0 saturated carbocycles. The number of ether oxygens (including phenoxy) is 2. The number of hydrogen-bond acceptors (Lipinski definition) is 7. The number of carbonyl (C=O) groups excluding carboxylic acids is 2. The SMILES string of the molecule is COc1ccc(OC)c([C@@H]2/C(=C(\O)c3ccccc3)C(=O)C(=O)N2c2nc3ccc(C)cc3s2)c1. The summed E-state index contributed by atoms with van der Waals surface area (Å²) in [6.45, 7) is 1.98. The van der Waals surface area contributed by atoms with E-state index in [2.05, 4.69) is 4.98 Å². The maximum Gasteiger partial charge on any atom is 0.301 e. The van der Waals surface area contributed by atoms with E-state index in [0.717, 1.165) is 15.8 Å². The summed E-state index contributed by atoms with van der Waals surface area (Å²) < 4.78 is 11.9. The minimum atomic E-state index is -0.970. The number of fused-ring (bicyclic) bond motifs is 1. The number of benzene rings is 3. The highest BCUT2D eigenvalue weighted by Gasteiger charge is 2.49. The number of nitrogens with zero attached hydrogens (tertiary/aromatic N) is 2. The van der Waals surface area contributed by atoms with Crippen LogP contribution in [-0.2, 0) is 9.59 Å². The van der Waals surface area contributed by atoms with E-state index in [-0.39, 0.29) is 11.3 Å². The Bertz CT molecular complexity index is 1490. The van der Waals surface area contributed by atoms with Gasteiger partial charge in [-0.05, 0) is 42.8 Å². The zero-order valence-electron chi connectivity index (χ0n) is 19.3. The second kappa shape index (κ2) is 8.88. The first kappa shape index (κ1) is 22.6. The maximum absolute atomic E-state index is 13.5. The number of Topliss-reactive ketones (excluding diaryl/α,β-unsaturated/α-hetero) is 1. The molecule has 0 radical (unpaired) electrons. The molecule has 8 heteroatoms. The number of ketones is 1. The van der Waals surface area contributed by atoms with Crippen molar-refractivity contribution in [2.45, 2.75) is 13.0 Å². The number of aromatic nitrogens is 1. The zero-order chi connectivity index (χ0) is 24.7. The number of amides is 1. The Kier molecular flexibility index (Phi) is 5.74. The lowest BCUT2D eigenvalue weighted by Crippen LogP contribution is -2.29. The first-order valence-electron chi connectivity index (χ1n) is 10.9. The van der Waals surface area contributed by atoms with Crippen LogP contribution in [0.3, 0.4) is 0 Å². The molecule has 4 aromatic rings. The van der Waals surface area contributed by atoms with Gasteiger partial charge in [-0.2, -0.15) is 0 Å². The van der Waals surface area contributed by atoms with Crippen LogP contribution in [-0.4, -0.2) is 36.0 Å². The molecule has 2 heterocycles. The van der Waals surface area contributed by atoms with Crippen LogP contribution in [0.2, 0.25) is 0 Å². The summed E-state index contributed by atoms with van der Waals surface area (Å²) >= 11 is 1.31. The van der Waals surface area contributed by atoms with Crippen LogP contribution in [0.1, 0.15) is 22.7 Å². The minimum absolute atomic E-state index is 0.0387. The molecule has 0 unspecified atom stereocenters. The van der Waals surface area contributed by atoms with Crippen molar-refractivity contribution in [3.05, 3.63) is 89.0 Å². The van der Waals surface area contributed by atoms with Crippen molar-refractivity contribution in [3.63, 3.8) is 0 Å². The monoisotopic (exact) mass is 486 g/mol. The molecule has 0 aliphatic carbocycles. The van der Waals surface area contributed by atoms with Gasteiger partial charge in [-0.3, -0.25) is 14.5 Å². The highest BCUT2D eigenvalue weighted by Crippen LogP contribution is 2.47. The standard InChI is InChI=1S/C27H22N2O5S/c1-15-9-11-19-21(13-15)35-27(28-19)29-23(18-14-17(33-2)10-12-20(18)34-3)22(25(31)26(29)32)24(30)16-7-5-4-6-8-16/h4-14,23,30H,1-3H3/b24-22+/t23-/m1/s1. The number of thiazole rings is 1. The van der Waals surface area contributed by atoms with Gasteiger partial charge < -0.3 is 14.6 Å². The van der Waals surface area contributed by atoms with Crippen LogP contribution < -0.4 is 14.4 Å². The van der Waals surface area contributed by atoms with E-state index >= 15 is 0 Å². The topological polar surface area (TPSA) is 89.0 Å². The van der Waals surface area contributed by atoms with Gasteiger partial charge in [0, 0.05) is 11.1 Å². The molecule has 1 saturated heterocycles. The van der Waals surface area contributed by atoms with E-state index in [1.165, 1.54) is 30.5 Å². The Balaban J connectivity index is 1.79. The van der Waals surface area contributed by atoms with E-state index < -0.39 is 17.7 Å². The number of methoxy groups -OCH3 is 2. The number of anilines is 1. The van der Waals surface area contributed by atoms with Gasteiger partial charge in [-0.25, -0.2) is 4.98 Å². The van der Waals surface area contributed by atoms with E-state index in [9.17, 15) is 14.7 Å². The molecule has 3 aromatic carbocycles. The zero-order valence-corrected chi connectivity index (χ0v) is 20.1. The molecule has 35 heavy (non-hydrogen) atoms. The fraction of sp³-hybridized carbons (Fsp3) is 0.148. The number of aryl methyl sites for hydroxylation is 1. The predicted molar refractivity (Wildman–Crippen MR) is 135 cm³/mol. The fourth-order valence-corrected chi connectivity index (χ4v) is 5.34. The summed E-state index contributed by atoms with van der Waals surface area (Å²) in [5, 5.41) is 11.6. The van der Waals surface area contributed by atoms with E-state index in [1.807, 2.05) is 25.1 Å². The second-order valence-corrected chi connectivity index (χ2v) is 9.12. The van der Waals surface area contributed by atoms with Crippen LogP contribution in [0.15, 0.2) is 72.3 Å². The molecule has 176 valence electrons. The third kappa shape index (κ3) is 3.81. The molecule has 1 aliphatic heterocycles. The highest BCUT2D eigenvalue weighted by molar-refractivity contribution is 7.22. The lowest BCUT2D eigenvalue weighted by molar-refractivity contribution is -0.132. The first-order valence-corrected chi connectivity index (χ1v) is 11.7. The molecular weight excluding hydrogens is 464 g/mol. The van der Waals surface area contributed by atoms with Crippen LogP contribution in [0, 0.1) is 6.92 Å². The number of rotatable bonds is 5. The average molecular weight is 487 g/mol. The molecule has 1 amide bonds. The van der Waals surface area contributed by atoms with E-state index in [4.69, 9.17) is 9.47 Å². The summed E-state index contributed by atoms with van der Waals surface area (Å²) in [6.07, 6.45) is 0. The van der Waals surface area contributed by atoms with Crippen LogP contribution >= 0.6 is 11.3 Å². The van der Waals surface area contributed by atoms with Gasteiger partial charge in [0.1, 0.15) is 23.3 Å². The van der Waals surface area contributed by atoms with Crippen LogP contribution in [0.25, 0.3) is 16.0 Å². The van der Waals surface area contributed by atoms with Gasteiger partial charge in [-0.15, -0.1) is 0 Å². The van der Waals surface area contributed by atoms with E-state index in [1.54, 1.807) is 48.5 Å². The molecule has 0 bridgehead atoms. The van der Waals surface area contributed by atoms with Gasteiger partial charge in [0.15, 0.2) is 5.13 Å². The summed E-state index contributed by atoms with van der Waals surface area (Å²) in [5.74, 6) is -0.868. The molecule has 1 aliphatic rings. The van der Waals surface area contributed by atoms with Crippen molar-refractivity contribution in [1.82, 2.24) is 4.98 Å². The largest absolute Gasteiger partial charge is 0.507 e. The molecule has 1 aromatic heterocycles. The molecular formula is C27H22N2O5S. The van der Waals surface area contributed by atoms with Gasteiger partial charge >= 0.3 is 5.91 Å². The molecule has 5 rings (SSSR count). The lowest BCUT2D eigenvalue weighted by atomic mass is 9.94. The second-order valence-electron chi connectivity index (χ2n) is 8.11. The third-order valence-corrected chi connectivity index (χ3v) is 6.98. The lowest BCUT2D eigenvalue weighted by Gasteiger charge is -2.25.